The lowest BCUT2D eigenvalue weighted by Crippen LogP contribution is -2.29. The lowest BCUT2D eigenvalue weighted by molar-refractivity contribution is -0.485. The summed E-state index contributed by atoms with van der Waals surface area (Å²) in [4.78, 5) is 21.2. The number of benzene rings is 1. The molecule has 0 saturated heterocycles. The van der Waals surface area contributed by atoms with E-state index < -0.39 is 22.1 Å². The van der Waals surface area contributed by atoms with Gasteiger partial charge in [0.15, 0.2) is 0 Å². The quantitative estimate of drug-likeness (QED) is 0.450. The molecule has 0 spiro atoms. The molecule has 0 saturated carbocycles. The molecule has 0 fully saturated rings. The Balaban J connectivity index is 3.10. The minimum Gasteiger partial charge on any atom is -0.303 e. The first-order valence-electron chi connectivity index (χ1n) is 5.20. The Morgan fingerprint density at radius 1 is 1.41 bits per heavy atom. The van der Waals surface area contributed by atoms with Gasteiger partial charge in [0.1, 0.15) is 12.1 Å². The first-order valence-corrected chi connectivity index (χ1v) is 5.20. The number of carbonyl (C=O) groups excluding carboxylic acids is 1. The van der Waals surface area contributed by atoms with Crippen LogP contribution in [0.2, 0.25) is 0 Å². The van der Waals surface area contributed by atoms with Gasteiger partial charge in [-0.05, 0) is 17.7 Å². The van der Waals surface area contributed by atoms with E-state index in [1.54, 1.807) is 13.8 Å². The standard InChI is InChI=1S/C12H14FNO3/c1-12(2,8-15)11(7-14(16)17)9-3-5-10(13)6-4-9/h3-6,8,11H,7H2,1-2H3. The molecule has 1 aromatic rings. The van der Waals surface area contributed by atoms with Gasteiger partial charge >= 0.3 is 0 Å². The van der Waals surface area contributed by atoms with Crippen LogP contribution in [0.3, 0.4) is 0 Å². The molecular formula is C12H14FNO3. The minimum atomic E-state index is -0.856. The molecule has 92 valence electrons. The normalized spacial score (nSPS) is 13.1. The second kappa shape index (κ2) is 5.03. The van der Waals surface area contributed by atoms with Crippen LogP contribution in [0, 0.1) is 21.3 Å². The predicted octanol–water partition coefficient (Wildman–Crippen LogP) is 2.41. The Morgan fingerprint density at radius 2 is 1.94 bits per heavy atom. The minimum absolute atomic E-state index is 0.350. The van der Waals surface area contributed by atoms with Crippen LogP contribution >= 0.6 is 0 Å². The van der Waals surface area contributed by atoms with Crippen LogP contribution in [-0.2, 0) is 4.79 Å². The van der Waals surface area contributed by atoms with Crippen molar-refractivity contribution in [2.24, 2.45) is 5.41 Å². The van der Waals surface area contributed by atoms with Gasteiger partial charge in [0.25, 0.3) is 0 Å². The monoisotopic (exact) mass is 239 g/mol. The highest BCUT2D eigenvalue weighted by Gasteiger charge is 2.34. The van der Waals surface area contributed by atoms with E-state index in [9.17, 15) is 19.3 Å². The summed E-state index contributed by atoms with van der Waals surface area (Å²) < 4.78 is 12.8. The van der Waals surface area contributed by atoms with E-state index in [0.717, 1.165) is 0 Å². The summed E-state index contributed by atoms with van der Waals surface area (Å²) in [5.41, 5.74) is -0.259. The van der Waals surface area contributed by atoms with Gasteiger partial charge in [-0.3, -0.25) is 10.1 Å². The first kappa shape index (κ1) is 13.3. The van der Waals surface area contributed by atoms with Gasteiger partial charge in [-0.1, -0.05) is 26.0 Å². The van der Waals surface area contributed by atoms with Crippen molar-refractivity contribution in [1.82, 2.24) is 0 Å². The number of hydrogen-bond donors (Lipinski definition) is 0. The van der Waals surface area contributed by atoms with Crippen molar-refractivity contribution in [1.29, 1.82) is 0 Å². The highest BCUT2D eigenvalue weighted by Crippen LogP contribution is 2.33. The van der Waals surface area contributed by atoms with Crippen molar-refractivity contribution < 1.29 is 14.1 Å². The van der Waals surface area contributed by atoms with E-state index in [4.69, 9.17) is 0 Å². The van der Waals surface area contributed by atoms with E-state index in [1.807, 2.05) is 0 Å². The Hall–Kier alpha value is -1.78. The van der Waals surface area contributed by atoms with Crippen LogP contribution in [0.4, 0.5) is 4.39 Å². The lowest BCUT2D eigenvalue weighted by atomic mass is 9.76. The number of aldehydes is 1. The lowest BCUT2D eigenvalue weighted by Gasteiger charge is -2.26. The molecule has 0 amide bonds. The molecule has 0 radical (unpaired) electrons. The van der Waals surface area contributed by atoms with Crippen molar-refractivity contribution in [2.45, 2.75) is 19.8 Å². The van der Waals surface area contributed by atoms with Gasteiger partial charge in [0, 0.05) is 10.3 Å². The maximum absolute atomic E-state index is 12.8. The Labute approximate surface area is 98.6 Å². The van der Waals surface area contributed by atoms with Gasteiger partial charge < -0.3 is 4.79 Å². The predicted molar refractivity (Wildman–Crippen MR) is 60.8 cm³/mol. The summed E-state index contributed by atoms with van der Waals surface area (Å²) >= 11 is 0. The van der Waals surface area contributed by atoms with Crippen molar-refractivity contribution in [2.75, 3.05) is 6.54 Å². The van der Waals surface area contributed by atoms with E-state index in [2.05, 4.69) is 0 Å². The molecule has 5 heteroatoms. The summed E-state index contributed by atoms with van der Waals surface area (Å²) in [6.45, 7) is 2.92. The van der Waals surface area contributed by atoms with Crippen molar-refractivity contribution in [3.63, 3.8) is 0 Å². The van der Waals surface area contributed by atoms with E-state index in [1.165, 1.54) is 24.3 Å². The number of nitro groups is 1. The Bertz CT molecular complexity index is 414. The molecule has 17 heavy (non-hydrogen) atoms. The fourth-order valence-corrected chi connectivity index (χ4v) is 1.70. The summed E-state index contributed by atoms with van der Waals surface area (Å²) in [7, 11) is 0. The van der Waals surface area contributed by atoms with Crippen LogP contribution in [-0.4, -0.2) is 17.8 Å². The van der Waals surface area contributed by atoms with Gasteiger partial charge in [-0.2, -0.15) is 0 Å². The molecule has 0 N–H and O–H groups in total. The maximum atomic E-state index is 12.8. The zero-order valence-corrected chi connectivity index (χ0v) is 9.72. The average molecular weight is 239 g/mol. The number of nitrogens with zero attached hydrogens (tertiary/aromatic N) is 1. The van der Waals surface area contributed by atoms with Crippen molar-refractivity contribution >= 4 is 6.29 Å². The number of halogens is 1. The fourth-order valence-electron chi connectivity index (χ4n) is 1.70. The summed E-state index contributed by atoms with van der Waals surface area (Å²) in [6.07, 6.45) is 0.699. The molecule has 0 aromatic heterocycles. The molecule has 1 unspecified atom stereocenters. The third-order valence-electron chi connectivity index (χ3n) is 2.81. The topological polar surface area (TPSA) is 60.2 Å². The molecule has 0 heterocycles. The smallest absolute Gasteiger partial charge is 0.211 e. The summed E-state index contributed by atoms with van der Waals surface area (Å²) in [5.74, 6) is -0.965. The van der Waals surface area contributed by atoms with Gasteiger partial charge in [0.05, 0.1) is 5.92 Å². The third-order valence-corrected chi connectivity index (χ3v) is 2.81. The van der Waals surface area contributed by atoms with Crippen molar-refractivity contribution in [3.8, 4) is 0 Å². The average Bonchev–Trinajstić information content (AvgIpc) is 2.27. The molecular weight excluding hydrogens is 225 g/mol. The van der Waals surface area contributed by atoms with Gasteiger partial charge in [0.2, 0.25) is 6.54 Å². The maximum Gasteiger partial charge on any atom is 0.211 e. The van der Waals surface area contributed by atoms with Gasteiger partial charge in [-0.15, -0.1) is 0 Å². The van der Waals surface area contributed by atoms with Gasteiger partial charge in [-0.25, -0.2) is 4.39 Å². The van der Waals surface area contributed by atoms with E-state index in [-0.39, 0.29) is 6.54 Å². The summed E-state index contributed by atoms with van der Waals surface area (Å²) in [6, 6.07) is 5.44. The second-order valence-electron chi connectivity index (χ2n) is 4.56. The van der Waals surface area contributed by atoms with Crippen LogP contribution in [0.25, 0.3) is 0 Å². The number of rotatable bonds is 5. The third kappa shape index (κ3) is 3.34. The van der Waals surface area contributed by atoms with E-state index in [0.29, 0.717) is 11.8 Å². The highest BCUT2D eigenvalue weighted by molar-refractivity contribution is 5.60. The van der Waals surface area contributed by atoms with Crippen LogP contribution in [0.5, 0.6) is 0 Å². The van der Waals surface area contributed by atoms with Crippen molar-refractivity contribution in [3.05, 3.63) is 45.8 Å². The molecule has 1 aromatic carbocycles. The summed E-state index contributed by atoms with van der Waals surface area (Å²) in [5, 5.41) is 10.6. The molecule has 0 bridgehead atoms. The molecule has 0 aliphatic rings. The Kier molecular flexibility index (Phi) is 3.93. The molecule has 0 aliphatic carbocycles. The highest BCUT2D eigenvalue weighted by atomic mass is 19.1. The molecule has 1 rings (SSSR count). The number of hydrogen-bond acceptors (Lipinski definition) is 3. The second-order valence-corrected chi connectivity index (χ2v) is 4.56. The Morgan fingerprint density at radius 3 is 2.35 bits per heavy atom. The first-order chi connectivity index (χ1) is 7.86. The van der Waals surface area contributed by atoms with Crippen LogP contribution in [0.1, 0.15) is 25.3 Å². The molecule has 0 aliphatic heterocycles. The molecule has 4 nitrogen and oxygen atoms in total. The largest absolute Gasteiger partial charge is 0.303 e. The molecule has 1 atom stereocenters. The van der Waals surface area contributed by atoms with Crippen LogP contribution in [0.15, 0.2) is 24.3 Å². The van der Waals surface area contributed by atoms with E-state index >= 15 is 0 Å². The fraction of sp³-hybridized carbons (Fsp3) is 0.417. The number of carbonyl (C=O) groups is 1. The zero-order chi connectivity index (χ0) is 13.1. The zero-order valence-electron chi connectivity index (χ0n) is 9.72. The van der Waals surface area contributed by atoms with Crippen LogP contribution < -0.4 is 0 Å². The SMILES string of the molecule is CC(C)(C=O)C(C[N+](=O)[O-])c1ccc(F)cc1.